The first kappa shape index (κ1) is 23.1. The molecule has 0 aliphatic carbocycles. The number of rotatable bonds is 7. The molecule has 6 rings (SSSR count). The molecule has 0 N–H and O–H groups in total. The van der Waals surface area contributed by atoms with Crippen molar-refractivity contribution in [1.82, 2.24) is 0 Å². The molecule has 0 amide bonds. The third-order valence-corrected chi connectivity index (χ3v) is 9.01. The van der Waals surface area contributed by atoms with E-state index in [0.29, 0.717) is 0 Å². The van der Waals surface area contributed by atoms with E-state index in [1.165, 1.54) is 33.0 Å². The Morgan fingerprint density at radius 2 is 0.833 bits per heavy atom. The minimum absolute atomic E-state index is 0.205. The van der Waals surface area contributed by atoms with Crippen molar-refractivity contribution in [2.24, 2.45) is 0 Å². The molecular formula is C32H26O2S2. The molecule has 2 unspecified atom stereocenters. The second kappa shape index (κ2) is 9.96. The van der Waals surface area contributed by atoms with E-state index in [1.54, 1.807) is 21.6 Å². The molecule has 2 aromatic heterocycles. The average molecular weight is 507 g/mol. The van der Waals surface area contributed by atoms with Crippen molar-refractivity contribution in [3.8, 4) is 0 Å². The Hall–Kier alpha value is -3.34. The van der Waals surface area contributed by atoms with E-state index in [2.05, 4.69) is 111 Å². The zero-order valence-corrected chi connectivity index (χ0v) is 21.8. The first-order valence-electron chi connectivity index (χ1n) is 12.2. The number of para-hydroxylation sites is 2. The molecule has 6 aromatic rings. The molecule has 2 atom stereocenters. The molecule has 0 saturated heterocycles. The third kappa shape index (κ3) is 4.25. The highest BCUT2D eigenvalue weighted by Crippen LogP contribution is 2.50. The molecule has 0 fully saturated rings. The van der Waals surface area contributed by atoms with Crippen LogP contribution in [0, 0.1) is 0 Å². The zero-order chi connectivity index (χ0) is 24.5. The lowest BCUT2D eigenvalue weighted by molar-refractivity contribution is 0.502. The lowest BCUT2D eigenvalue weighted by Gasteiger charge is -2.14. The van der Waals surface area contributed by atoms with Crippen molar-refractivity contribution in [3.05, 3.63) is 131 Å². The number of fused-ring (bicyclic) bond motifs is 2. The van der Waals surface area contributed by atoms with Gasteiger partial charge in [-0.05, 0) is 44.8 Å². The van der Waals surface area contributed by atoms with Gasteiger partial charge in [-0.15, -0.1) is 0 Å². The topological polar surface area (TPSA) is 26.3 Å². The van der Waals surface area contributed by atoms with Gasteiger partial charge in [0, 0.05) is 33.7 Å². The number of hydrogen-bond donors (Lipinski definition) is 0. The van der Waals surface area contributed by atoms with Crippen molar-refractivity contribution in [2.45, 2.75) is 35.9 Å². The van der Waals surface area contributed by atoms with Gasteiger partial charge in [-0.3, -0.25) is 0 Å². The van der Waals surface area contributed by atoms with Crippen LogP contribution in [0.4, 0.5) is 0 Å². The highest BCUT2D eigenvalue weighted by Gasteiger charge is 2.25. The van der Waals surface area contributed by atoms with Gasteiger partial charge in [-0.25, -0.2) is 0 Å². The van der Waals surface area contributed by atoms with Gasteiger partial charge in [0.2, 0.25) is 0 Å². The highest BCUT2D eigenvalue weighted by atomic mass is 33.1. The van der Waals surface area contributed by atoms with E-state index in [0.717, 1.165) is 21.4 Å². The predicted molar refractivity (Wildman–Crippen MR) is 152 cm³/mol. The fraction of sp³-hybridized carbons (Fsp3) is 0.125. The predicted octanol–water partition coefficient (Wildman–Crippen LogP) is 10.3. The Balaban J connectivity index is 1.40. The Morgan fingerprint density at radius 1 is 0.472 bits per heavy atom. The smallest absolute Gasteiger partial charge is 0.176 e. The second-order valence-electron chi connectivity index (χ2n) is 9.03. The van der Waals surface area contributed by atoms with E-state index in [1.807, 2.05) is 12.1 Å². The molecular weight excluding hydrogens is 480 g/mol. The molecule has 0 radical (unpaired) electrons. The minimum Gasteiger partial charge on any atom is -0.449 e. The standard InChI is InChI=1S/C32H26O2S2/c1-21(23-13-5-3-6-14-23)29-25-17-9-11-19-27(25)33-31(29)35-36-32-30(22(2)24-15-7-4-8-16-24)26-18-10-12-20-28(26)34-32/h3-22H,1-2H3. The monoisotopic (exact) mass is 506 g/mol. The fourth-order valence-corrected chi connectivity index (χ4v) is 7.27. The van der Waals surface area contributed by atoms with Crippen LogP contribution >= 0.6 is 21.6 Å². The first-order chi connectivity index (χ1) is 17.7. The molecule has 178 valence electrons. The molecule has 4 heteroatoms. The van der Waals surface area contributed by atoms with Gasteiger partial charge in [0.25, 0.3) is 0 Å². The summed E-state index contributed by atoms with van der Waals surface area (Å²) in [5.41, 5.74) is 6.84. The van der Waals surface area contributed by atoms with Crippen LogP contribution < -0.4 is 0 Å². The van der Waals surface area contributed by atoms with Crippen molar-refractivity contribution in [1.29, 1.82) is 0 Å². The summed E-state index contributed by atoms with van der Waals surface area (Å²) in [6.07, 6.45) is 0. The summed E-state index contributed by atoms with van der Waals surface area (Å²) in [6.45, 7) is 4.51. The van der Waals surface area contributed by atoms with Gasteiger partial charge in [-0.2, -0.15) is 0 Å². The largest absolute Gasteiger partial charge is 0.449 e. The van der Waals surface area contributed by atoms with Crippen LogP contribution in [0.2, 0.25) is 0 Å². The van der Waals surface area contributed by atoms with Crippen molar-refractivity contribution in [3.63, 3.8) is 0 Å². The Bertz CT molecular complexity index is 1490. The van der Waals surface area contributed by atoms with Crippen LogP contribution in [0.1, 0.15) is 47.9 Å². The molecule has 4 aromatic carbocycles. The van der Waals surface area contributed by atoms with E-state index >= 15 is 0 Å². The van der Waals surface area contributed by atoms with Crippen LogP contribution in [0.5, 0.6) is 0 Å². The SMILES string of the molecule is CC(c1ccccc1)c1c(SSc2oc3ccccc3c2C(C)c2ccccc2)oc2ccccc12. The summed E-state index contributed by atoms with van der Waals surface area (Å²) in [6, 6.07) is 37.9. The molecule has 36 heavy (non-hydrogen) atoms. The Labute approximate surface area is 219 Å². The molecule has 0 aliphatic rings. The van der Waals surface area contributed by atoms with E-state index in [-0.39, 0.29) is 11.8 Å². The number of furan rings is 2. The minimum atomic E-state index is 0.205. The van der Waals surface area contributed by atoms with Crippen molar-refractivity contribution >= 4 is 43.5 Å². The lowest BCUT2D eigenvalue weighted by atomic mass is 9.93. The first-order valence-corrected chi connectivity index (χ1v) is 14.3. The summed E-state index contributed by atoms with van der Waals surface area (Å²) in [4.78, 5) is 0. The van der Waals surface area contributed by atoms with Gasteiger partial charge >= 0.3 is 0 Å². The van der Waals surface area contributed by atoms with E-state index in [4.69, 9.17) is 8.83 Å². The summed E-state index contributed by atoms with van der Waals surface area (Å²) >= 11 is 0. The maximum atomic E-state index is 6.42. The average Bonchev–Trinajstić information content (AvgIpc) is 3.50. The highest BCUT2D eigenvalue weighted by molar-refractivity contribution is 8.76. The molecule has 2 heterocycles. The van der Waals surface area contributed by atoms with Gasteiger partial charge in [0.1, 0.15) is 11.2 Å². The van der Waals surface area contributed by atoms with E-state index in [9.17, 15) is 0 Å². The summed E-state index contributed by atoms with van der Waals surface area (Å²) < 4.78 is 12.8. The quantitative estimate of drug-likeness (QED) is 0.201. The van der Waals surface area contributed by atoms with Gasteiger partial charge in [0.05, 0.1) is 0 Å². The molecule has 0 aliphatic heterocycles. The molecule has 0 saturated carbocycles. The fourth-order valence-electron chi connectivity index (χ4n) is 4.92. The number of hydrogen-bond acceptors (Lipinski definition) is 4. The van der Waals surface area contributed by atoms with Crippen LogP contribution in [0.3, 0.4) is 0 Å². The Morgan fingerprint density at radius 3 is 1.25 bits per heavy atom. The maximum absolute atomic E-state index is 6.42. The number of benzene rings is 4. The third-order valence-electron chi connectivity index (χ3n) is 6.86. The molecule has 2 nitrogen and oxygen atoms in total. The van der Waals surface area contributed by atoms with E-state index < -0.39 is 0 Å². The molecule has 0 bridgehead atoms. The Kier molecular flexibility index (Phi) is 6.39. The summed E-state index contributed by atoms with van der Waals surface area (Å²) in [5, 5.41) is 4.19. The van der Waals surface area contributed by atoms with Crippen LogP contribution in [0.25, 0.3) is 21.9 Å². The molecule has 0 spiro atoms. The van der Waals surface area contributed by atoms with Gasteiger partial charge < -0.3 is 8.83 Å². The summed E-state index contributed by atoms with van der Waals surface area (Å²) in [5.74, 6) is 0.410. The maximum Gasteiger partial charge on any atom is 0.176 e. The van der Waals surface area contributed by atoms with Crippen molar-refractivity contribution < 1.29 is 8.83 Å². The lowest BCUT2D eigenvalue weighted by Crippen LogP contribution is -1.97. The van der Waals surface area contributed by atoms with Crippen LogP contribution in [-0.2, 0) is 0 Å². The van der Waals surface area contributed by atoms with Crippen LogP contribution in [-0.4, -0.2) is 0 Å². The van der Waals surface area contributed by atoms with Crippen molar-refractivity contribution in [2.75, 3.05) is 0 Å². The van der Waals surface area contributed by atoms with Gasteiger partial charge in [-0.1, -0.05) is 111 Å². The van der Waals surface area contributed by atoms with Gasteiger partial charge in [0.15, 0.2) is 10.2 Å². The zero-order valence-electron chi connectivity index (χ0n) is 20.2. The second-order valence-corrected chi connectivity index (χ2v) is 11.1. The normalized spacial score (nSPS) is 13.3. The summed E-state index contributed by atoms with van der Waals surface area (Å²) in [7, 11) is 3.29. The van der Waals surface area contributed by atoms with Crippen LogP contribution in [0.15, 0.2) is 128 Å².